The van der Waals surface area contributed by atoms with Crippen molar-refractivity contribution in [2.45, 2.75) is 33.1 Å². The second-order valence-corrected chi connectivity index (χ2v) is 3.32. The molecule has 0 aromatic rings. The lowest BCUT2D eigenvalue weighted by atomic mass is 10.00. The first kappa shape index (κ1) is 13.7. The third-order valence-corrected chi connectivity index (χ3v) is 2.00. The van der Waals surface area contributed by atoms with Crippen LogP contribution in [0.25, 0.3) is 0 Å². The largest absolute Gasteiger partial charge is 0.465 e. The highest BCUT2D eigenvalue weighted by Gasteiger charge is 2.23. The van der Waals surface area contributed by atoms with Gasteiger partial charge in [0.05, 0.1) is 6.61 Å². The van der Waals surface area contributed by atoms with Gasteiger partial charge in [0.15, 0.2) is 0 Å². The van der Waals surface area contributed by atoms with E-state index >= 15 is 0 Å². The van der Waals surface area contributed by atoms with Crippen LogP contribution in [0.15, 0.2) is 18.4 Å². The quantitative estimate of drug-likeness (QED) is 0.280. The molecule has 0 N–H and O–H groups in total. The molecule has 0 aliphatic carbocycles. The van der Waals surface area contributed by atoms with Gasteiger partial charge in [0.1, 0.15) is 11.7 Å². The van der Waals surface area contributed by atoms with Crippen LogP contribution >= 0.6 is 0 Å². The molecule has 1 unspecified atom stereocenters. The van der Waals surface area contributed by atoms with E-state index in [1.807, 2.05) is 6.92 Å². The number of Topliss-reactive ketones (excluding diaryl/α,β-unsaturated/α-hetero) is 1. The maximum Gasteiger partial charge on any atom is 0.316 e. The molecule has 0 spiro atoms. The molecule has 15 heavy (non-hydrogen) atoms. The summed E-state index contributed by atoms with van der Waals surface area (Å²) in [5.74, 6) is -1.13. The molecule has 0 rings (SSSR count). The van der Waals surface area contributed by atoms with Gasteiger partial charge in [-0.15, -0.1) is 5.73 Å². The Kier molecular flexibility index (Phi) is 7.29. The Hall–Kier alpha value is -1.34. The fraction of sp³-hybridized carbons (Fsp3) is 0.583. The highest BCUT2D eigenvalue weighted by Crippen LogP contribution is 2.10. The Morgan fingerprint density at radius 1 is 1.53 bits per heavy atom. The maximum absolute atomic E-state index is 11.4. The average Bonchev–Trinajstić information content (AvgIpc) is 2.20. The molecule has 0 bridgehead atoms. The summed E-state index contributed by atoms with van der Waals surface area (Å²) in [6, 6.07) is 0. The van der Waals surface area contributed by atoms with Crippen LogP contribution in [0.3, 0.4) is 0 Å². The van der Waals surface area contributed by atoms with Gasteiger partial charge in [-0.1, -0.05) is 19.9 Å². The van der Waals surface area contributed by atoms with Crippen molar-refractivity contribution >= 4 is 11.8 Å². The van der Waals surface area contributed by atoms with E-state index in [1.165, 1.54) is 6.92 Å². The molecule has 0 aromatic heterocycles. The number of esters is 1. The van der Waals surface area contributed by atoms with Gasteiger partial charge in [-0.05, 0) is 19.4 Å². The molecular weight excluding hydrogens is 192 g/mol. The van der Waals surface area contributed by atoms with Gasteiger partial charge >= 0.3 is 5.97 Å². The predicted octanol–water partition coefficient (Wildman–Crippen LogP) is 2.27. The van der Waals surface area contributed by atoms with Crippen molar-refractivity contribution in [1.82, 2.24) is 0 Å². The minimum atomic E-state index is -0.595. The van der Waals surface area contributed by atoms with E-state index in [-0.39, 0.29) is 12.4 Å². The van der Waals surface area contributed by atoms with Gasteiger partial charge in [0.2, 0.25) is 0 Å². The van der Waals surface area contributed by atoms with Crippen molar-refractivity contribution in [3.63, 3.8) is 0 Å². The molecule has 0 heterocycles. The minimum Gasteiger partial charge on any atom is -0.465 e. The van der Waals surface area contributed by atoms with Crippen LogP contribution in [-0.2, 0) is 14.3 Å². The zero-order chi connectivity index (χ0) is 11.7. The lowest BCUT2D eigenvalue weighted by molar-refractivity contribution is -0.151. The molecule has 3 nitrogen and oxygen atoms in total. The maximum atomic E-state index is 11.4. The molecule has 0 saturated carbocycles. The van der Waals surface area contributed by atoms with E-state index in [9.17, 15) is 9.59 Å². The zero-order valence-electron chi connectivity index (χ0n) is 9.41. The molecule has 0 aliphatic rings. The van der Waals surface area contributed by atoms with Crippen molar-refractivity contribution in [2.75, 3.05) is 6.61 Å². The summed E-state index contributed by atoms with van der Waals surface area (Å²) in [6.07, 6.45) is 3.64. The molecule has 0 radical (unpaired) electrons. The topological polar surface area (TPSA) is 43.4 Å². The molecule has 84 valence electrons. The average molecular weight is 210 g/mol. The Bertz CT molecular complexity index is 262. The summed E-state index contributed by atoms with van der Waals surface area (Å²) in [5.41, 5.74) is 2.59. The van der Waals surface area contributed by atoms with E-state index in [4.69, 9.17) is 4.74 Å². The highest BCUT2D eigenvalue weighted by molar-refractivity contribution is 5.97. The highest BCUT2D eigenvalue weighted by atomic mass is 16.5. The van der Waals surface area contributed by atoms with E-state index in [1.54, 1.807) is 6.08 Å². The third-order valence-electron chi connectivity index (χ3n) is 2.00. The van der Waals surface area contributed by atoms with Crippen LogP contribution in [0.5, 0.6) is 0 Å². The van der Waals surface area contributed by atoms with Crippen molar-refractivity contribution in [3.05, 3.63) is 18.4 Å². The number of carbonyl (C=O) groups is 2. The van der Waals surface area contributed by atoms with Gasteiger partial charge in [-0.25, -0.2) is 0 Å². The van der Waals surface area contributed by atoms with Crippen LogP contribution in [0.2, 0.25) is 0 Å². The van der Waals surface area contributed by atoms with Crippen LogP contribution < -0.4 is 0 Å². The fourth-order valence-corrected chi connectivity index (χ4v) is 1.20. The second kappa shape index (κ2) is 8.01. The molecule has 0 saturated heterocycles. The van der Waals surface area contributed by atoms with Crippen LogP contribution in [-0.4, -0.2) is 18.4 Å². The molecule has 0 amide bonds. The summed E-state index contributed by atoms with van der Waals surface area (Å²) in [5, 5.41) is 0. The van der Waals surface area contributed by atoms with Crippen molar-refractivity contribution < 1.29 is 14.3 Å². The van der Waals surface area contributed by atoms with Gasteiger partial charge in [-0.2, -0.15) is 0 Å². The minimum absolute atomic E-state index is 0.124. The van der Waals surface area contributed by atoms with Gasteiger partial charge in [0.25, 0.3) is 0 Å². The Morgan fingerprint density at radius 3 is 2.67 bits per heavy atom. The zero-order valence-corrected chi connectivity index (χ0v) is 9.41. The molecule has 0 aromatic carbocycles. The number of hydrogen-bond donors (Lipinski definition) is 0. The SMILES string of the molecule is C=C=CCCOC(=O)C(CCC)C(C)=O. The van der Waals surface area contributed by atoms with Gasteiger partial charge in [-0.3, -0.25) is 9.59 Å². The fourth-order valence-electron chi connectivity index (χ4n) is 1.20. The number of ketones is 1. The molecule has 0 aliphatic heterocycles. The molecule has 1 atom stereocenters. The summed E-state index contributed by atoms with van der Waals surface area (Å²) >= 11 is 0. The summed E-state index contributed by atoms with van der Waals surface area (Å²) < 4.78 is 4.96. The van der Waals surface area contributed by atoms with Gasteiger partial charge in [0, 0.05) is 6.42 Å². The van der Waals surface area contributed by atoms with Crippen LogP contribution in [0.1, 0.15) is 33.1 Å². The molecule has 3 heteroatoms. The van der Waals surface area contributed by atoms with E-state index < -0.39 is 11.9 Å². The summed E-state index contributed by atoms with van der Waals surface area (Å²) in [6.45, 7) is 7.04. The monoisotopic (exact) mass is 210 g/mol. The van der Waals surface area contributed by atoms with E-state index in [0.717, 1.165) is 6.42 Å². The smallest absolute Gasteiger partial charge is 0.316 e. The van der Waals surface area contributed by atoms with E-state index in [2.05, 4.69) is 12.3 Å². The van der Waals surface area contributed by atoms with Crippen molar-refractivity contribution in [1.29, 1.82) is 0 Å². The first-order chi connectivity index (χ1) is 7.13. The lowest BCUT2D eigenvalue weighted by Gasteiger charge is -2.11. The first-order valence-corrected chi connectivity index (χ1v) is 5.14. The van der Waals surface area contributed by atoms with Crippen LogP contribution in [0, 0.1) is 5.92 Å². The van der Waals surface area contributed by atoms with Crippen molar-refractivity contribution in [2.24, 2.45) is 5.92 Å². The normalized spacial score (nSPS) is 11.3. The standard InChI is InChI=1S/C12H18O3/c1-4-6-7-9-15-12(14)11(8-5-2)10(3)13/h6,11H,1,5,7-9H2,2-3H3. The number of hydrogen-bond acceptors (Lipinski definition) is 3. The molecular formula is C12H18O3. The Balaban J connectivity index is 4.02. The Labute approximate surface area is 90.8 Å². The second-order valence-electron chi connectivity index (χ2n) is 3.32. The predicted molar refractivity (Wildman–Crippen MR) is 58.4 cm³/mol. The molecule has 0 fully saturated rings. The number of carbonyl (C=O) groups excluding carboxylic acids is 2. The number of rotatable bonds is 7. The van der Waals surface area contributed by atoms with Crippen LogP contribution in [0.4, 0.5) is 0 Å². The summed E-state index contributed by atoms with van der Waals surface area (Å²) in [7, 11) is 0. The lowest BCUT2D eigenvalue weighted by Crippen LogP contribution is -2.24. The van der Waals surface area contributed by atoms with Crippen molar-refractivity contribution in [3.8, 4) is 0 Å². The summed E-state index contributed by atoms with van der Waals surface area (Å²) in [4.78, 5) is 22.6. The van der Waals surface area contributed by atoms with Gasteiger partial charge < -0.3 is 4.74 Å². The first-order valence-electron chi connectivity index (χ1n) is 5.14. The third kappa shape index (κ3) is 5.87. The number of ether oxygens (including phenoxy) is 1. The van der Waals surface area contributed by atoms with E-state index in [0.29, 0.717) is 12.8 Å². The Morgan fingerprint density at radius 2 is 2.20 bits per heavy atom.